The van der Waals surface area contributed by atoms with Gasteiger partial charge in [-0.1, -0.05) is 18.2 Å². The maximum Gasteiger partial charge on any atom is 0.145 e. The fourth-order valence-electron chi connectivity index (χ4n) is 2.80. The predicted molar refractivity (Wildman–Crippen MR) is 77.6 cm³/mol. The summed E-state index contributed by atoms with van der Waals surface area (Å²) in [6.45, 7) is 2.02. The molecule has 19 heavy (non-hydrogen) atoms. The summed E-state index contributed by atoms with van der Waals surface area (Å²) in [4.78, 5) is 4.62. The summed E-state index contributed by atoms with van der Waals surface area (Å²) in [6, 6.07) is 10.9. The van der Waals surface area contributed by atoms with Gasteiger partial charge in [-0.05, 0) is 45.4 Å². The van der Waals surface area contributed by atoms with Gasteiger partial charge in [-0.2, -0.15) is 0 Å². The predicted octanol–water partition coefficient (Wildman–Crippen LogP) is 3.06. The molecule has 0 spiro atoms. The van der Waals surface area contributed by atoms with E-state index >= 15 is 0 Å². The molecule has 0 amide bonds. The second kappa shape index (κ2) is 5.17. The van der Waals surface area contributed by atoms with E-state index in [1.54, 1.807) is 0 Å². The van der Waals surface area contributed by atoms with Crippen molar-refractivity contribution < 1.29 is 4.74 Å². The third kappa shape index (κ3) is 2.56. The van der Waals surface area contributed by atoms with Gasteiger partial charge in [-0.25, -0.2) is 4.98 Å². The van der Waals surface area contributed by atoms with Crippen molar-refractivity contribution in [2.45, 2.75) is 38.3 Å². The van der Waals surface area contributed by atoms with Crippen LogP contribution >= 0.6 is 0 Å². The molecule has 1 N–H and O–H groups in total. The van der Waals surface area contributed by atoms with Gasteiger partial charge in [0.1, 0.15) is 17.4 Å². The molecule has 1 fully saturated rings. The number of nitrogens with one attached hydrogen (secondary N) is 1. The quantitative estimate of drug-likeness (QED) is 0.916. The number of hydrogen-bond acceptors (Lipinski definition) is 3. The molecule has 100 valence electrons. The molecule has 2 unspecified atom stereocenters. The minimum Gasteiger partial charge on any atom is -0.488 e. The summed E-state index contributed by atoms with van der Waals surface area (Å²) in [5.74, 6) is 0.919. The number of benzene rings is 1. The molecule has 3 heteroatoms. The third-order valence-corrected chi connectivity index (χ3v) is 3.91. The topological polar surface area (TPSA) is 34.1 Å². The van der Waals surface area contributed by atoms with Crippen molar-refractivity contribution >= 4 is 10.9 Å². The molecule has 1 aliphatic rings. The van der Waals surface area contributed by atoms with E-state index in [2.05, 4.69) is 22.4 Å². The molecule has 3 nitrogen and oxygen atoms in total. The smallest absolute Gasteiger partial charge is 0.145 e. The van der Waals surface area contributed by atoms with Crippen molar-refractivity contribution in [2.75, 3.05) is 7.05 Å². The lowest BCUT2D eigenvalue weighted by atomic mass is 10.2. The summed E-state index contributed by atoms with van der Waals surface area (Å²) >= 11 is 0. The van der Waals surface area contributed by atoms with Crippen LogP contribution in [0, 0.1) is 6.92 Å². The van der Waals surface area contributed by atoms with Crippen molar-refractivity contribution in [2.24, 2.45) is 0 Å². The fourth-order valence-corrected chi connectivity index (χ4v) is 2.80. The van der Waals surface area contributed by atoms with Gasteiger partial charge in [0.15, 0.2) is 0 Å². The van der Waals surface area contributed by atoms with Crippen molar-refractivity contribution in [1.29, 1.82) is 0 Å². The minimum atomic E-state index is 0.311. The van der Waals surface area contributed by atoms with Gasteiger partial charge in [0.25, 0.3) is 0 Å². The molecule has 0 radical (unpaired) electrons. The van der Waals surface area contributed by atoms with Gasteiger partial charge in [-0.15, -0.1) is 0 Å². The number of para-hydroxylation sites is 1. The normalized spacial score (nSPS) is 22.8. The highest BCUT2D eigenvalue weighted by atomic mass is 16.5. The van der Waals surface area contributed by atoms with E-state index in [-0.39, 0.29) is 0 Å². The van der Waals surface area contributed by atoms with Crippen LogP contribution in [0.5, 0.6) is 5.75 Å². The van der Waals surface area contributed by atoms with E-state index in [9.17, 15) is 0 Å². The number of nitrogens with zero attached hydrogens (tertiary/aromatic N) is 1. The summed E-state index contributed by atoms with van der Waals surface area (Å²) in [5.41, 5.74) is 2.01. The summed E-state index contributed by atoms with van der Waals surface area (Å²) in [5, 5.41) is 4.48. The van der Waals surface area contributed by atoms with Crippen LogP contribution in [0.15, 0.2) is 30.3 Å². The average Bonchev–Trinajstić information content (AvgIpc) is 2.87. The van der Waals surface area contributed by atoms with E-state index in [0.29, 0.717) is 12.1 Å². The van der Waals surface area contributed by atoms with Crippen LogP contribution in [0.25, 0.3) is 10.9 Å². The molecule has 1 aliphatic carbocycles. The standard InChI is InChI=1S/C16H20N2O/c1-11-6-7-12-4-3-5-15(16(12)18-11)19-14-9-8-13(10-14)17-2/h3-7,13-14,17H,8-10H2,1-2H3. The number of pyridine rings is 1. The SMILES string of the molecule is CNC1CCC(Oc2cccc3ccc(C)nc23)C1. The first-order chi connectivity index (χ1) is 9.26. The van der Waals surface area contributed by atoms with E-state index in [0.717, 1.165) is 35.2 Å². The Balaban J connectivity index is 1.86. The van der Waals surface area contributed by atoms with E-state index in [1.165, 1.54) is 6.42 Å². The second-order valence-corrected chi connectivity index (χ2v) is 5.32. The molecule has 3 rings (SSSR count). The summed E-state index contributed by atoms with van der Waals surface area (Å²) < 4.78 is 6.17. The molecule has 1 saturated carbocycles. The Labute approximate surface area is 114 Å². The zero-order chi connectivity index (χ0) is 13.2. The molecule has 2 aromatic rings. The van der Waals surface area contributed by atoms with Crippen LogP contribution < -0.4 is 10.1 Å². The maximum atomic E-state index is 6.17. The highest BCUT2D eigenvalue weighted by molar-refractivity contribution is 5.84. The summed E-state index contributed by atoms with van der Waals surface area (Å²) in [6.07, 6.45) is 3.70. The number of rotatable bonds is 3. The Hall–Kier alpha value is -1.61. The van der Waals surface area contributed by atoms with Crippen LogP contribution in [-0.4, -0.2) is 24.2 Å². The van der Waals surface area contributed by atoms with Crippen molar-refractivity contribution in [3.8, 4) is 5.75 Å². The number of aryl methyl sites for hydroxylation is 1. The van der Waals surface area contributed by atoms with E-state index < -0.39 is 0 Å². The maximum absolute atomic E-state index is 6.17. The van der Waals surface area contributed by atoms with Crippen molar-refractivity contribution in [3.63, 3.8) is 0 Å². The summed E-state index contributed by atoms with van der Waals surface area (Å²) in [7, 11) is 2.02. The second-order valence-electron chi connectivity index (χ2n) is 5.32. The van der Waals surface area contributed by atoms with Crippen LogP contribution in [0.1, 0.15) is 25.0 Å². The first kappa shape index (κ1) is 12.4. The molecule has 2 atom stereocenters. The molecule has 0 saturated heterocycles. The molecular formula is C16H20N2O. The average molecular weight is 256 g/mol. The number of ether oxygens (including phenoxy) is 1. The number of aromatic nitrogens is 1. The lowest BCUT2D eigenvalue weighted by Crippen LogP contribution is -2.23. The molecular weight excluding hydrogens is 236 g/mol. The third-order valence-electron chi connectivity index (χ3n) is 3.91. The highest BCUT2D eigenvalue weighted by Crippen LogP contribution is 2.29. The van der Waals surface area contributed by atoms with Gasteiger partial charge in [-0.3, -0.25) is 0 Å². The van der Waals surface area contributed by atoms with Crippen LogP contribution in [0.3, 0.4) is 0 Å². The molecule has 0 bridgehead atoms. The van der Waals surface area contributed by atoms with Crippen LogP contribution in [0.4, 0.5) is 0 Å². The van der Waals surface area contributed by atoms with Gasteiger partial charge in [0, 0.05) is 17.1 Å². The number of hydrogen-bond donors (Lipinski definition) is 1. The minimum absolute atomic E-state index is 0.311. The van der Waals surface area contributed by atoms with Gasteiger partial charge in [0.05, 0.1) is 0 Å². The molecule has 1 aromatic heterocycles. The van der Waals surface area contributed by atoms with E-state index in [4.69, 9.17) is 4.74 Å². The fraction of sp³-hybridized carbons (Fsp3) is 0.438. The highest BCUT2D eigenvalue weighted by Gasteiger charge is 2.25. The van der Waals surface area contributed by atoms with Crippen molar-refractivity contribution in [1.82, 2.24) is 10.3 Å². The zero-order valence-corrected chi connectivity index (χ0v) is 11.5. The lowest BCUT2D eigenvalue weighted by molar-refractivity contribution is 0.209. The Morgan fingerprint density at radius 2 is 2.11 bits per heavy atom. The van der Waals surface area contributed by atoms with Gasteiger partial charge in [0.2, 0.25) is 0 Å². The zero-order valence-electron chi connectivity index (χ0n) is 11.5. The Morgan fingerprint density at radius 1 is 1.21 bits per heavy atom. The van der Waals surface area contributed by atoms with Gasteiger partial charge >= 0.3 is 0 Å². The van der Waals surface area contributed by atoms with Crippen LogP contribution in [0.2, 0.25) is 0 Å². The molecule has 0 aliphatic heterocycles. The lowest BCUT2D eigenvalue weighted by Gasteiger charge is -2.15. The number of fused-ring (bicyclic) bond motifs is 1. The Bertz CT molecular complexity index is 582. The van der Waals surface area contributed by atoms with Crippen LogP contribution in [-0.2, 0) is 0 Å². The largest absolute Gasteiger partial charge is 0.488 e. The van der Waals surface area contributed by atoms with Gasteiger partial charge < -0.3 is 10.1 Å². The molecule has 1 heterocycles. The first-order valence-electron chi connectivity index (χ1n) is 6.96. The monoisotopic (exact) mass is 256 g/mol. The van der Waals surface area contributed by atoms with Crippen molar-refractivity contribution in [3.05, 3.63) is 36.0 Å². The first-order valence-corrected chi connectivity index (χ1v) is 6.96. The Kier molecular flexibility index (Phi) is 3.38. The Morgan fingerprint density at radius 3 is 2.89 bits per heavy atom. The van der Waals surface area contributed by atoms with E-state index in [1.807, 2.05) is 32.2 Å². The molecule has 1 aromatic carbocycles.